The van der Waals surface area contributed by atoms with Crippen molar-refractivity contribution in [3.63, 3.8) is 0 Å². The van der Waals surface area contributed by atoms with Crippen molar-refractivity contribution in [1.29, 1.82) is 0 Å². The number of hydrogen-bond donors (Lipinski definition) is 2. The first kappa shape index (κ1) is 24.4. The van der Waals surface area contributed by atoms with Crippen LogP contribution in [0.3, 0.4) is 0 Å². The van der Waals surface area contributed by atoms with E-state index < -0.39 is 18.1 Å². The number of amides is 1. The standard InChI is InChI=1S/C24H28BrF3N2O2/c1-32-19-13-11-18(12-14-19)29-22(16-7-3-2-4-8-16)21(30-23(31)24(26,27)28)15-17-9-5-6-10-20(17)25/h5-6,9-14,16,21-22,29H,2-4,7-8,15H2,1H3,(H,30,31)/t21-,22+/m0/s1. The van der Waals surface area contributed by atoms with Crippen molar-refractivity contribution in [3.05, 3.63) is 58.6 Å². The van der Waals surface area contributed by atoms with Gasteiger partial charge in [-0.05, 0) is 61.1 Å². The third-order valence-electron chi connectivity index (χ3n) is 5.99. The van der Waals surface area contributed by atoms with E-state index in [-0.39, 0.29) is 18.4 Å². The lowest BCUT2D eigenvalue weighted by Gasteiger charge is -2.38. The number of rotatable bonds is 8. The van der Waals surface area contributed by atoms with Crippen LogP contribution in [0.4, 0.5) is 18.9 Å². The van der Waals surface area contributed by atoms with Crippen molar-refractivity contribution in [3.8, 4) is 5.75 Å². The summed E-state index contributed by atoms with van der Waals surface area (Å²) in [5.74, 6) is -1.07. The topological polar surface area (TPSA) is 50.4 Å². The molecule has 4 nitrogen and oxygen atoms in total. The molecule has 3 rings (SSSR count). The summed E-state index contributed by atoms with van der Waals surface area (Å²) in [7, 11) is 1.58. The van der Waals surface area contributed by atoms with Crippen LogP contribution in [0.5, 0.6) is 5.75 Å². The van der Waals surface area contributed by atoms with Gasteiger partial charge in [0, 0.05) is 16.2 Å². The summed E-state index contributed by atoms with van der Waals surface area (Å²) >= 11 is 3.49. The molecule has 1 amide bonds. The van der Waals surface area contributed by atoms with E-state index in [1.54, 1.807) is 19.2 Å². The maximum atomic E-state index is 13.2. The Kier molecular flexibility index (Phi) is 8.45. The predicted octanol–water partition coefficient (Wildman–Crippen LogP) is 6.11. The van der Waals surface area contributed by atoms with Crippen LogP contribution >= 0.6 is 15.9 Å². The summed E-state index contributed by atoms with van der Waals surface area (Å²) in [6, 6.07) is 13.6. The Morgan fingerprint density at radius 1 is 1.09 bits per heavy atom. The van der Waals surface area contributed by atoms with Gasteiger partial charge in [0.15, 0.2) is 0 Å². The van der Waals surface area contributed by atoms with Gasteiger partial charge in [0.25, 0.3) is 0 Å². The zero-order valence-electron chi connectivity index (χ0n) is 17.9. The second kappa shape index (κ2) is 11.1. The minimum Gasteiger partial charge on any atom is -0.497 e. The van der Waals surface area contributed by atoms with Gasteiger partial charge in [0.1, 0.15) is 5.75 Å². The van der Waals surface area contributed by atoms with E-state index in [1.165, 1.54) is 0 Å². The van der Waals surface area contributed by atoms with E-state index in [2.05, 4.69) is 26.6 Å². The second-order valence-corrected chi connectivity index (χ2v) is 9.02. The van der Waals surface area contributed by atoms with Gasteiger partial charge in [-0.1, -0.05) is 53.4 Å². The molecular weight excluding hydrogens is 485 g/mol. The summed E-state index contributed by atoms with van der Waals surface area (Å²) < 4.78 is 45.6. The fourth-order valence-electron chi connectivity index (χ4n) is 4.34. The number of methoxy groups -OCH3 is 1. The average Bonchev–Trinajstić information content (AvgIpc) is 2.79. The van der Waals surface area contributed by atoms with Crippen molar-refractivity contribution in [2.45, 2.75) is 56.8 Å². The third kappa shape index (κ3) is 6.64. The van der Waals surface area contributed by atoms with Gasteiger partial charge in [-0.25, -0.2) is 0 Å². The third-order valence-corrected chi connectivity index (χ3v) is 6.76. The van der Waals surface area contributed by atoms with E-state index in [0.717, 1.165) is 47.8 Å². The first-order valence-electron chi connectivity index (χ1n) is 10.8. The van der Waals surface area contributed by atoms with Crippen LogP contribution in [-0.2, 0) is 11.2 Å². The number of hydrogen-bond acceptors (Lipinski definition) is 3. The number of ether oxygens (including phenoxy) is 1. The molecule has 0 saturated heterocycles. The molecule has 32 heavy (non-hydrogen) atoms. The van der Waals surface area contributed by atoms with Crippen LogP contribution in [0.2, 0.25) is 0 Å². The van der Waals surface area contributed by atoms with Crippen molar-refractivity contribution in [2.75, 3.05) is 12.4 Å². The first-order chi connectivity index (χ1) is 15.3. The zero-order valence-corrected chi connectivity index (χ0v) is 19.5. The molecule has 1 aliphatic rings. The molecule has 2 aromatic carbocycles. The number of nitrogens with one attached hydrogen (secondary N) is 2. The number of benzene rings is 2. The van der Waals surface area contributed by atoms with E-state index in [4.69, 9.17) is 4.74 Å². The number of anilines is 1. The van der Waals surface area contributed by atoms with Crippen LogP contribution in [0.1, 0.15) is 37.7 Å². The largest absolute Gasteiger partial charge is 0.497 e. The van der Waals surface area contributed by atoms with E-state index in [9.17, 15) is 18.0 Å². The van der Waals surface area contributed by atoms with Gasteiger partial charge in [-0.3, -0.25) is 4.79 Å². The van der Waals surface area contributed by atoms with Crippen LogP contribution < -0.4 is 15.4 Å². The molecule has 0 bridgehead atoms. The maximum Gasteiger partial charge on any atom is 0.471 e. The molecule has 174 valence electrons. The van der Waals surface area contributed by atoms with Crippen molar-refractivity contribution < 1.29 is 22.7 Å². The molecule has 8 heteroatoms. The quantitative estimate of drug-likeness (QED) is 0.448. The maximum absolute atomic E-state index is 13.2. The van der Waals surface area contributed by atoms with Gasteiger partial charge >= 0.3 is 12.1 Å². The molecule has 2 N–H and O–H groups in total. The van der Waals surface area contributed by atoms with Crippen molar-refractivity contribution in [2.24, 2.45) is 5.92 Å². The highest BCUT2D eigenvalue weighted by atomic mass is 79.9. The second-order valence-electron chi connectivity index (χ2n) is 8.17. The molecule has 0 heterocycles. The number of carbonyl (C=O) groups excluding carboxylic acids is 1. The number of carbonyl (C=O) groups is 1. The monoisotopic (exact) mass is 512 g/mol. The Hall–Kier alpha value is -2.22. The van der Waals surface area contributed by atoms with E-state index in [0.29, 0.717) is 5.75 Å². The molecule has 0 aliphatic heterocycles. The van der Waals surface area contributed by atoms with E-state index in [1.807, 2.05) is 36.4 Å². The van der Waals surface area contributed by atoms with Crippen LogP contribution in [-0.4, -0.2) is 31.3 Å². The minimum atomic E-state index is -4.94. The first-order valence-corrected chi connectivity index (χ1v) is 11.6. The number of halogens is 4. The summed E-state index contributed by atoms with van der Waals surface area (Å²) in [5, 5.41) is 5.74. The Morgan fingerprint density at radius 2 is 1.75 bits per heavy atom. The SMILES string of the molecule is COc1ccc(N[C@H](C2CCCCC2)[C@H](Cc2ccccc2Br)NC(=O)C(F)(F)F)cc1. The summed E-state index contributed by atoms with van der Waals surface area (Å²) in [5.41, 5.74) is 1.62. The lowest BCUT2D eigenvalue weighted by atomic mass is 9.79. The smallest absolute Gasteiger partial charge is 0.471 e. The molecule has 0 spiro atoms. The van der Waals surface area contributed by atoms with Gasteiger partial charge < -0.3 is 15.4 Å². The summed E-state index contributed by atoms with van der Waals surface area (Å²) in [4.78, 5) is 12.0. The lowest BCUT2D eigenvalue weighted by Crippen LogP contribution is -2.54. The van der Waals surface area contributed by atoms with Gasteiger partial charge in [0.05, 0.1) is 13.2 Å². The van der Waals surface area contributed by atoms with Crippen LogP contribution in [0, 0.1) is 5.92 Å². The zero-order chi connectivity index (χ0) is 23.1. The average molecular weight is 513 g/mol. The molecule has 1 saturated carbocycles. The molecule has 1 fully saturated rings. The number of alkyl halides is 3. The minimum absolute atomic E-state index is 0.145. The molecule has 0 aromatic heterocycles. The fraction of sp³-hybridized carbons (Fsp3) is 0.458. The van der Waals surface area contributed by atoms with Gasteiger partial charge in [0.2, 0.25) is 0 Å². The van der Waals surface area contributed by atoms with Gasteiger partial charge in [-0.15, -0.1) is 0 Å². The van der Waals surface area contributed by atoms with Crippen molar-refractivity contribution in [1.82, 2.24) is 5.32 Å². The Morgan fingerprint density at radius 3 is 2.34 bits per heavy atom. The molecular formula is C24H28BrF3N2O2. The molecule has 0 radical (unpaired) electrons. The normalized spacial score (nSPS) is 16.8. The Bertz CT molecular complexity index is 884. The Labute approximate surface area is 195 Å². The van der Waals surface area contributed by atoms with Crippen LogP contribution in [0.15, 0.2) is 53.0 Å². The lowest BCUT2D eigenvalue weighted by molar-refractivity contribution is -0.174. The van der Waals surface area contributed by atoms with E-state index >= 15 is 0 Å². The fourth-order valence-corrected chi connectivity index (χ4v) is 4.79. The molecule has 1 aliphatic carbocycles. The Balaban J connectivity index is 1.93. The molecule has 2 atom stereocenters. The highest BCUT2D eigenvalue weighted by molar-refractivity contribution is 9.10. The predicted molar refractivity (Wildman–Crippen MR) is 123 cm³/mol. The molecule has 2 aromatic rings. The highest BCUT2D eigenvalue weighted by Crippen LogP contribution is 2.32. The molecule has 0 unspecified atom stereocenters. The highest BCUT2D eigenvalue weighted by Gasteiger charge is 2.42. The summed E-state index contributed by atoms with van der Waals surface area (Å²) in [6.07, 6.45) is 0.317. The van der Waals surface area contributed by atoms with Crippen molar-refractivity contribution >= 4 is 27.5 Å². The van der Waals surface area contributed by atoms with Gasteiger partial charge in [-0.2, -0.15) is 13.2 Å². The summed E-state index contributed by atoms with van der Waals surface area (Å²) in [6.45, 7) is 0. The van der Waals surface area contributed by atoms with Crippen LogP contribution in [0.25, 0.3) is 0 Å².